The molecule has 3 rings (SSSR count). The molecule has 0 aromatic carbocycles. The van der Waals surface area contributed by atoms with Crippen molar-refractivity contribution in [3.63, 3.8) is 0 Å². The molecule has 2 aromatic rings. The van der Waals surface area contributed by atoms with Gasteiger partial charge >= 0.3 is 11.7 Å². The minimum Gasteiger partial charge on any atom is -0.458 e. The number of hydrogen-bond donors (Lipinski definition) is 2. The second-order valence-corrected chi connectivity index (χ2v) is 5.74. The Labute approximate surface area is 140 Å². The van der Waals surface area contributed by atoms with Crippen LogP contribution < -0.4 is 16.0 Å². The quantitative estimate of drug-likeness (QED) is 0.814. The lowest BCUT2D eigenvalue weighted by molar-refractivity contribution is 0.0513. The molecule has 0 radical (unpaired) electrons. The summed E-state index contributed by atoms with van der Waals surface area (Å²) < 4.78 is 5.66. The molecule has 2 aromatic heterocycles. The lowest BCUT2D eigenvalue weighted by Gasteiger charge is -2.32. The predicted molar refractivity (Wildman–Crippen MR) is 84.3 cm³/mol. The first-order chi connectivity index (χ1) is 11.5. The van der Waals surface area contributed by atoms with Crippen molar-refractivity contribution in [1.29, 1.82) is 0 Å². The van der Waals surface area contributed by atoms with Gasteiger partial charge in [-0.25, -0.2) is 14.8 Å². The molecule has 1 aliphatic heterocycles. The van der Waals surface area contributed by atoms with Crippen molar-refractivity contribution in [2.45, 2.75) is 18.9 Å². The average molecular weight is 352 g/mol. The normalized spacial score (nSPS) is 17.5. The Morgan fingerprint density at radius 1 is 1.33 bits per heavy atom. The molecule has 1 amide bonds. The summed E-state index contributed by atoms with van der Waals surface area (Å²) in [5.74, 6) is -0.460. The van der Waals surface area contributed by atoms with E-state index in [1.54, 1.807) is 0 Å². The Morgan fingerprint density at radius 3 is 2.79 bits per heavy atom. The number of aromatic nitrogens is 4. The summed E-state index contributed by atoms with van der Waals surface area (Å²) in [4.78, 5) is 49.0. The minimum atomic E-state index is -0.715. The standard InChI is InChI=1S/C14H14ClN5O4/c15-8-4-17-14(18-5-8)24-9-2-1-3-20(7-9)12(22)10-6-16-13(23)19-11(10)21/h4-6,9H,1-3,7H2,(H2,16,19,21,23). The van der Waals surface area contributed by atoms with Gasteiger partial charge in [0.15, 0.2) is 0 Å². The molecule has 1 atom stereocenters. The monoisotopic (exact) mass is 351 g/mol. The summed E-state index contributed by atoms with van der Waals surface area (Å²) in [6.45, 7) is 0.794. The minimum absolute atomic E-state index is 0.113. The van der Waals surface area contributed by atoms with Crippen molar-refractivity contribution in [2.75, 3.05) is 13.1 Å². The average Bonchev–Trinajstić information content (AvgIpc) is 2.57. The molecule has 9 nitrogen and oxygen atoms in total. The number of likely N-dealkylation sites (tertiary alicyclic amines) is 1. The molecular formula is C14H14ClN5O4. The van der Waals surface area contributed by atoms with Gasteiger partial charge in [0.05, 0.1) is 24.0 Å². The fraction of sp³-hybridized carbons (Fsp3) is 0.357. The molecule has 10 heteroatoms. The van der Waals surface area contributed by atoms with Crippen LogP contribution in [0.4, 0.5) is 0 Å². The van der Waals surface area contributed by atoms with Crippen molar-refractivity contribution in [2.24, 2.45) is 0 Å². The Balaban J connectivity index is 1.70. The highest BCUT2D eigenvalue weighted by Gasteiger charge is 2.27. The first-order valence-corrected chi connectivity index (χ1v) is 7.66. The van der Waals surface area contributed by atoms with Crippen LogP contribution in [0.3, 0.4) is 0 Å². The molecule has 24 heavy (non-hydrogen) atoms. The zero-order valence-electron chi connectivity index (χ0n) is 12.5. The highest BCUT2D eigenvalue weighted by molar-refractivity contribution is 6.30. The maximum Gasteiger partial charge on any atom is 0.325 e. The summed E-state index contributed by atoms with van der Waals surface area (Å²) in [6, 6.07) is 0.181. The number of amides is 1. The fourth-order valence-electron chi connectivity index (χ4n) is 2.47. The van der Waals surface area contributed by atoms with Crippen LogP contribution in [-0.4, -0.2) is 49.9 Å². The van der Waals surface area contributed by atoms with Crippen molar-refractivity contribution in [3.05, 3.63) is 50.0 Å². The Morgan fingerprint density at radius 2 is 2.08 bits per heavy atom. The van der Waals surface area contributed by atoms with E-state index in [1.165, 1.54) is 17.3 Å². The van der Waals surface area contributed by atoms with Crippen molar-refractivity contribution in [3.8, 4) is 6.01 Å². The van der Waals surface area contributed by atoms with E-state index in [1.807, 2.05) is 4.98 Å². The molecule has 1 unspecified atom stereocenters. The van der Waals surface area contributed by atoms with Crippen LogP contribution in [0.2, 0.25) is 5.02 Å². The second kappa shape index (κ2) is 6.83. The van der Waals surface area contributed by atoms with Crippen LogP contribution in [0.25, 0.3) is 0 Å². The third kappa shape index (κ3) is 3.62. The van der Waals surface area contributed by atoms with Gasteiger partial charge < -0.3 is 14.6 Å². The lowest BCUT2D eigenvalue weighted by atomic mass is 10.1. The summed E-state index contributed by atoms with van der Waals surface area (Å²) in [5, 5.41) is 0.403. The third-order valence-corrected chi connectivity index (χ3v) is 3.78. The molecule has 1 aliphatic rings. The zero-order valence-corrected chi connectivity index (χ0v) is 13.2. The van der Waals surface area contributed by atoms with E-state index in [0.29, 0.717) is 24.5 Å². The van der Waals surface area contributed by atoms with Gasteiger partial charge in [-0.05, 0) is 12.8 Å². The van der Waals surface area contributed by atoms with Gasteiger partial charge in [0.2, 0.25) is 0 Å². The maximum absolute atomic E-state index is 12.5. The molecule has 3 heterocycles. The Kier molecular flexibility index (Phi) is 4.61. The number of ether oxygens (including phenoxy) is 1. The van der Waals surface area contributed by atoms with Gasteiger partial charge in [0, 0.05) is 12.7 Å². The summed E-state index contributed by atoms with van der Waals surface area (Å²) in [5.41, 5.74) is -1.48. The molecule has 0 bridgehead atoms. The van der Waals surface area contributed by atoms with Gasteiger partial charge in [0.1, 0.15) is 11.7 Å². The van der Waals surface area contributed by atoms with E-state index in [9.17, 15) is 14.4 Å². The van der Waals surface area contributed by atoms with Crippen LogP contribution >= 0.6 is 11.6 Å². The SMILES string of the molecule is O=C(c1c[nH]c(=O)[nH]c1=O)N1CCCC(Oc2ncc(Cl)cn2)C1. The molecule has 126 valence electrons. The number of hydrogen-bond acceptors (Lipinski definition) is 6. The number of aromatic amines is 2. The largest absolute Gasteiger partial charge is 0.458 e. The number of rotatable bonds is 3. The zero-order chi connectivity index (χ0) is 17.1. The summed E-state index contributed by atoms with van der Waals surface area (Å²) in [7, 11) is 0. The van der Waals surface area contributed by atoms with Gasteiger partial charge in [-0.2, -0.15) is 0 Å². The predicted octanol–water partition coefficient (Wildman–Crippen LogP) is 0.190. The van der Waals surface area contributed by atoms with Crippen LogP contribution in [0.5, 0.6) is 6.01 Å². The molecule has 1 fully saturated rings. The number of H-pyrrole nitrogens is 2. The number of halogens is 1. The van der Waals surface area contributed by atoms with E-state index in [-0.39, 0.29) is 17.7 Å². The van der Waals surface area contributed by atoms with E-state index in [2.05, 4.69) is 15.0 Å². The fourth-order valence-corrected chi connectivity index (χ4v) is 2.57. The van der Waals surface area contributed by atoms with Gasteiger partial charge in [-0.15, -0.1) is 0 Å². The van der Waals surface area contributed by atoms with E-state index >= 15 is 0 Å². The lowest BCUT2D eigenvalue weighted by Crippen LogP contribution is -2.46. The number of piperidine rings is 1. The van der Waals surface area contributed by atoms with Gasteiger partial charge in [-0.1, -0.05) is 11.6 Å². The number of nitrogens with one attached hydrogen (secondary N) is 2. The third-order valence-electron chi connectivity index (χ3n) is 3.58. The Hall–Kier alpha value is -2.68. The van der Waals surface area contributed by atoms with Crippen molar-refractivity contribution in [1.82, 2.24) is 24.8 Å². The van der Waals surface area contributed by atoms with Crippen LogP contribution in [-0.2, 0) is 0 Å². The molecule has 0 aliphatic carbocycles. The smallest absolute Gasteiger partial charge is 0.325 e. The van der Waals surface area contributed by atoms with Crippen molar-refractivity contribution >= 4 is 17.5 Å². The van der Waals surface area contributed by atoms with E-state index < -0.39 is 17.2 Å². The van der Waals surface area contributed by atoms with Crippen LogP contribution in [0.1, 0.15) is 23.2 Å². The molecule has 1 saturated heterocycles. The highest BCUT2D eigenvalue weighted by atomic mass is 35.5. The summed E-state index contributed by atoms with van der Waals surface area (Å²) in [6.07, 6.45) is 5.13. The topological polar surface area (TPSA) is 121 Å². The maximum atomic E-state index is 12.5. The molecule has 2 N–H and O–H groups in total. The number of nitrogens with zero attached hydrogens (tertiary/aromatic N) is 3. The highest BCUT2D eigenvalue weighted by Crippen LogP contribution is 2.17. The first-order valence-electron chi connectivity index (χ1n) is 7.28. The number of carbonyl (C=O) groups excluding carboxylic acids is 1. The molecule has 0 saturated carbocycles. The van der Waals surface area contributed by atoms with Crippen molar-refractivity contribution < 1.29 is 9.53 Å². The molecule has 0 spiro atoms. The van der Waals surface area contributed by atoms with Crippen LogP contribution in [0.15, 0.2) is 28.2 Å². The van der Waals surface area contributed by atoms with Gasteiger partial charge in [-0.3, -0.25) is 14.6 Å². The molecular weight excluding hydrogens is 338 g/mol. The Bertz CT molecular complexity index is 847. The summed E-state index contributed by atoms with van der Waals surface area (Å²) >= 11 is 5.72. The second-order valence-electron chi connectivity index (χ2n) is 5.30. The van der Waals surface area contributed by atoms with E-state index in [4.69, 9.17) is 16.3 Å². The van der Waals surface area contributed by atoms with Crippen LogP contribution in [0, 0.1) is 0 Å². The first kappa shape index (κ1) is 16.2. The number of carbonyl (C=O) groups is 1. The van der Waals surface area contributed by atoms with Gasteiger partial charge in [0.25, 0.3) is 11.5 Å². The van der Waals surface area contributed by atoms with E-state index in [0.717, 1.165) is 12.6 Å².